The molecule has 1 fully saturated rings. The van der Waals surface area contributed by atoms with Crippen LogP contribution in [0.15, 0.2) is 10.9 Å². The maximum Gasteiger partial charge on any atom is 0.254 e. The molecule has 0 unspecified atom stereocenters. The van der Waals surface area contributed by atoms with E-state index in [9.17, 15) is 4.79 Å². The lowest BCUT2D eigenvalue weighted by Gasteiger charge is -2.14. The highest BCUT2D eigenvalue weighted by Crippen LogP contribution is 2.23. The average Bonchev–Trinajstić information content (AvgIpc) is 2.53. The van der Waals surface area contributed by atoms with Crippen molar-refractivity contribution in [3.8, 4) is 5.88 Å². The lowest BCUT2D eigenvalue weighted by Crippen LogP contribution is -2.15. The summed E-state index contributed by atoms with van der Waals surface area (Å²) in [4.78, 5) is 18.0. The molecule has 0 radical (unpaired) electrons. The first-order valence-electron chi connectivity index (χ1n) is 6.45. The Balaban J connectivity index is 1.90. The molecule has 0 atom stereocenters. The van der Waals surface area contributed by atoms with Gasteiger partial charge in [0.15, 0.2) is 0 Å². The van der Waals surface area contributed by atoms with Crippen molar-refractivity contribution >= 4 is 0 Å². The maximum absolute atomic E-state index is 11.2. The van der Waals surface area contributed by atoms with Gasteiger partial charge < -0.3 is 9.72 Å². The lowest BCUT2D eigenvalue weighted by molar-refractivity contribution is 0.225. The van der Waals surface area contributed by atoms with Crippen molar-refractivity contribution in [2.75, 3.05) is 6.61 Å². The van der Waals surface area contributed by atoms with Gasteiger partial charge in [0.2, 0.25) is 5.88 Å². The van der Waals surface area contributed by atoms with Crippen molar-refractivity contribution in [1.82, 2.24) is 9.97 Å². The number of aromatic nitrogens is 2. The molecule has 1 N–H and O–H groups in total. The van der Waals surface area contributed by atoms with E-state index in [1.807, 2.05) is 0 Å². The van der Waals surface area contributed by atoms with Crippen LogP contribution in [0.2, 0.25) is 0 Å². The van der Waals surface area contributed by atoms with E-state index in [4.69, 9.17) is 4.74 Å². The van der Waals surface area contributed by atoms with Crippen LogP contribution in [0.3, 0.4) is 0 Å². The first-order chi connectivity index (χ1) is 8.24. The largest absolute Gasteiger partial charge is 0.477 e. The van der Waals surface area contributed by atoms with Gasteiger partial charge in [-0.3, -0.25) is 4.79 Å². The van der Waals surface area contributed by atoms with Crippen LogP contribution >= 0.6 is 0 Å². The van der Waals surface area contributed by atoms with Crippen LogP contribution in [0.25, 0.3) is 0 Å². The highest BCUT2D eigenvalue weighted by molar-refractivity contribution is 5.08. The number of H-pyrrole nitrogens is 1. The van der Waals surface area contributed by atoms with Gasteiger partial charge >= 0.3 is 0 Å². The number of nitrogens with zero attached hydrogens (tertiary/aromatic N) is 1. The summed E-state index contributed by atoms with van der Waals surface area (Å²) in [5.74, 6) is 1.68. The number of rotatable bonds is 3. The van der Waals surface area contributed by atoms with Crippen molar-refractivity contribution in [3.63, 3.8) is 0 Å². The second kappa shape index (κ2) is 5.84. The van der Waals surface area contributed by atoms with Crippen LogP contribution in [0.4, 0.5) is 0 Å². The molecule has 1 aliphatic carbocycles. The van der Waals surface area contributed by atoms with Crippen molar-refractivity contribution in [2.24, 2.45) is 5.92 Å². The molecule has 1 aromatic heterocycles. The Hall–Kier alpha value is -1.32. The zero-order valence-corrected chi connectivity index (χ0v) is 10.4. The molecule has 0 bridgehead atoms. The summed E-state index contributed by atoms with van der Waals surface area (Å²) in [6.45, 7) is 2.45. The second-order valence-corrected chi connectivity index (χ2v) is 4.84. The second-order valence-electron chi connectivity index (χ2n) is 4.84. The summed E-state index contributed by atoms with van der Waals surface area (Å²) in [6.07, 6.45) is 7.77. The fourth-order valence-electron chi connectivity index (χ4n) is 2.36. The molecule has 4 heteroatoms. The van der Waals surface area contributed by atoms with Crippen LogP contribution in [0.1, 0.15) is 44.3 Å². The monoisotopic (exact) mass is 236 g/mol. The third-order valence-electron chi connectivity index (χ3n) is 3.28. The van der Waals surface area contributed by atoms with Gasteiger partial charge in [-0.1, -0.05) is 25.7 Å². The third kappa shape index (κ3) is 3.88. The molecular weight excluding hydrogens is 216 g/mol. The molecule has 1 heterocycles. The SMILES string of the molecule is Cc1nc(OCC2CCCCCC2)cc(=O)[nH]1. The standard InChI is InChI=1S/C13H20N2O2/c1-10-14-12(16)8-13(15-10)17-9-11-6-4-2-3-5-7-11/h8,11H,2-7,9H2,1H3,(H,14,15,16). The number of aryl methyl sites for hydroxylation is 1. The van der Waals surface area contributed by atoms with Crippen molar-refractivity contribution in [1.29, 1.82) is 0 Å². The van der Waals surface area contributed by atoms with Gasteiger partial charge in [-0.15, -0.1) is 0 Å². The smallest absolute Gasteiger partial charge is 0.254 e. The van der Waals surface area contributed by atoms with Crippen molar-refractivity contribution in [2.45, 2.75) is 45.4 Å². The summed E-state index contributed by atoms with van der Waals surface area (Å²) >= 11 is 0. The van der Waals surface area contributed by atoms with E-state index in [0.29, 0.717) is 24.2 Å². The average molecular weight is 236 g/mol. The predicted molar refractivity (Wildman–Crippen MR) is 66.3 cm³/mol. The number of nitrogens with one attached hydrogen (secondary N) is 1. The third-order valence-corrected chi connectivity index (χ3v) is 3.28. The van der Waals surface area contributed by atoms with E-state index in [1.165, 1.54) is 44.6 Å². The van der Waals surface area contributed by atoms with E-state index in [0.717, 1.165) is 0 Å². The van der Waals surface area contributed by atoms with Gasteiger partial charge in [-0.05, 0) is 25.7 Å². The van der Waals surface area contributed by atoms with Gasteiger partial charge in [-0.25, -0.2) is 4.98 Å². The molecule has 0 spiro atoms. The van der Waals surface area contributed by atoms with E-state index < -0.39 is 0 Å². The number of hydrogen-bond donors (Lipinski definition) is 1. The highest BCUT2D eigenvalue weighted by Gasteiger charge is 2.13. The summed E-state index contributed by atoms with van der Waals surface area (Å²) in [5.41, 5.74) is -0.145. The molecule has 0 amide bonds. The number of aromatic amines is 1. The Morgan fingerprint density at radius 2 is 2.06 bits per heavy atom. The molecule has 1 aromatic rings. The van der Waals surface area contributed by atoms with Crippen molar-refractivity contribution < 1.29 is 4.74 Å². The lowest BCUT2D eigenvalue weighted by atomic mass is 10.0. The topological polar surface area (TPSA) is 55.0 Å². The molecular formula is C13H20N2O2. The Morgan fingerprint density at radius 3 is 2.71 bits per heavy atom. The van der Waals surface area contributed by atoms with Gasteiger partial charge in [0, 0.05) is 0 Å². The summed E-state index contributed by atoms with van der Waals surface area (Å²) < 4.78 is 5.63. The van der Waals surface area contributed by atoms with Gasteiger partial charge in [0.05, 0.1) is 12.7 Å². The quantitative estimate of drug-likeness (QED) is 0.820. The van der Waals surface area contributed by atoms with Crippen LogP contribution in [-0.2, 0) is 0 Å². The van der Waals surface area contributed by atoms with Gasteiger partial charge in [-0.2, -0.15) is 0 Å². The molecule has 0 aliphatic heterocycles. The maximum atomic E-state index is 11.2. The summed E-state index contributed by atoms with van der Waals surface area (Å²) in [7, 11) is 0. The predicted octanol–water partition coefficient (Wildman–Crippen LogP) is 2.43. The van der Waals surface area contributed by atoms with Crippen LogP contribution in [0.5, 0.6) is 5.88 Å². The summed E-state index contributed by atoms with van der Waals surface area (Å²) in [6, 6.07) is 1.42. The minimum atomic E-state index is -0.145. The minimum Gasteiger partial charge on any atom is -0.477 e. The molecule has 2 rings (SSSR count). The Labute approximate surface area is 101 Å². The van der Waals surface area contributed by atoms with E-state index in [1.54, 1.807) is 6.92 Å². The first-order valence-corrected chi connectivity index (χ1v) is 6.45. The van der Waals surface area contributed by atoms with E-state index in [2.05, 4.69) is 9.97 Å². The molecule has 17 heavy (non-hydrogen) atoms. The Kier molecular flexibility index (Phi) is 4.18. The van der Waals surface area contributed by atoms with Crippen LogP contribution in [-0.4, -0.2) is 16.6 Å². The van der Waals surface area contributed by atoms with Crippen LogP contribution < -0.4 is 10.3 Å². The summed E-state index contributed by atoms with van der Waals surface area (Å²) in [5, 5.41) is 0. The molecule has 1 aliphatic rings. The first kappa shape index (κ1) is 12.1. The normalized spacial score (nSPS) is 17.7. The van der Waals surface area contributed by atoms with Gasteiger partial charge in [0.1, 0.15) is 5.82 Å². The highest BCUT2D eigenvalue weighted by atomic mass is 16.5. The zero-order chi connectivity index (χ0) is 12.1. The fourth-order valence-corrected chi connectivity index (χ4v) is 2.36. The Bertz CT molecular complexity index is 406. The number of ether oxygens (including phenoxy) is 1. The molecule has 94 valence electrons. The molecule has 1 saturated carbocycles. The van der Waals surface area contributed by atoms with Gasteiger partial charge in [0.25, 0.3) is 5.56 Å². The van der Waals surface area contributed by atoms with Crippen molar-refractivity contribution in [3.05, 3.63) is 22.2 Å². The minimum absolute atomic E-state index is 0.145. The van der Waals surface area contributed by atoms with E-state index in [-0.39, 0.29) is 5.56 Å². The van der Waals surface area contributed by atoms with Crippen LogP contribution in [0, 0.1) is 12.8 Å². The number of hydrogen-bond acceptors (Lipinski definition) is 3. The molecule has 4 nitrogen and oxygen atoms in total. The molecule has 0 aromatic carbocycles. The zero-order valence-electron chi connectivity index (χ0n) is 10.4. The Morgan fingerprint density at radius 1 is 1.35 bits per heavy atom. The van der Waals surface area contributed by atoms with E-state index >= 15 is 0 Å². The molecule has 0 saturated heterocycles. The fraction of sp³-hybridized carbons (Fsp3) is 0.692.